The van der Waals surface area contributed by atoms with Crippen molar-refractivity contribution in [1.29, 1.82) is 0 Å². The van der Waals surface area contributed by atoms with E-state index >= 15 is 0 Å². The monoisotopic (exact) mass is 576 g/mol. The molecule has 0 aliphatic carbocycles. The molecule has 0 unspecified atom stereocenters. The van der Waals surface area contributed by atoms with Crippen molar-refractivity contribution in [3.63, 3.8) is 0 Å². The van der Waals surface area contributed by atoms with E-state index in [0.29, 0.717) is 43.5 Å². The van der Waals surface area contributed by atoms with Gasteiger partial charge in [-0.1, -0.05) is 39.0 Å². The van der Waals surface area contributed by atoms with Crippen LogP contribution in [0.15, 0.2) is 77.2 Å². The van der Waals surface area contributed by atoms with Crippen LogP contribution in [0.5, 0.6) is 0 Å². The molecule has 0 radical (unpaired) electrons. The van der Waals surface area contributed by atoms with E-state index in [1.54, 1.807) is 11.0 Å². The molecule has 5 rings (SSSR count). The summed E-state index contributed by atoms with van der Waals surface area (Å²) in [6, 6.07) is 21.0. The molecule has 9 heteroatoms. The van der Waals surface area contributed by atoms with E-state index in [9.17, 15) is 18.0 Å². The standard InChI is InChI=1S/C33H35F3N4O2/c1-32(2,3)24-13-9-23(10-14-24)30-37-28(29(42-30)22-11-15-26(16-12-22)38(4)5)31(41)40-19-17-39(18-20-40)27-8-6-7-25(21-27)33(34,35)36/h6-16,21H,17-20H2,1-5H3. The van der Waals surface area contributed by atoms with Crippen LogP contribution >= 0.6 is 0 Å². The summed E-state index contributed by atoms with van der Waals surface area (Å²) in [5.74, 6) is 0.472. The van der Waals surface area contributed by atoms with Crippen LogP contribution in [0.4, 0.5) is 24.5 Å². The summed E-state index contributed by atoms with van der Waals surface area (Å²) in [5.41, 5.74) is 3.69. The second-order valence-corrected chi connectivity index (χ2v) is 11.8. The predicted molar refractivity (Wildman–Crippen MR) is 160 cm³/mol. The number of halogens is 3. The first-order chi connectivity index (χ1) is 19.8. The Balaban J connectivity index is 1.42. The number of oxazole rings is 1. The zero-order valence-electron chi connectivity index (χ0n) is 24.5. The van der Waals surface area contributed by atoms with Crippen molar-refractivity contribution < 1.29 is 22.4 Å². The number of benzene rings is 3. The number of piperazine rings is 1. The molecule has 0 atom stereocenters. The average Bonchev–Trinajstić information content (AvgIpc) is 3.42. The Hall–Kier alpha value is -4.27. The Morgan fingerprint density at radius 3 is 2.02 bits per heavy atom. The molecule has 1 fully saturated rings. The highest BCUT2D eigenvalue weighted by Gasteiger charge is 2.32. The average molecular weight is 577 g/mol. The number of nitrogens with zero attached hydrogens (tertiary/aromatic N) is 4. The Bertz CT molecular complexity index is 1540. The lowest BCUT2D eigenvalue weighted by Gasteiger charge is -2.36. The van der Waals surface area contributed by atoms with Gasteiger partial charge in [0, 0.05) is 62.8 Å². The highest BCUT2D eigenvalue weighted by Crippen LogP contribution is 2.34. The van der Waals surface area contributed by atoms with Crippen molar-refractivity contribution in [1.82, 2.24) is 9.88 Å². The number of carbonyl (C=O) groups excluding carboxylic acids is 1. The van der Waals surface area contributed by atoms with Crippen LogP contribution in [0.25, 0.3) is 22.8 Å². The maximum Gasteiger partial charge on any atom is 0.416 e. The molecule has 4 aromatic rings. The van der Waals surface area contributed by atoms with Gasteiger partial charge in [0.25, 0.3) is 5.91 Å². The fourth-order valence-electron chi connectivity index (χ4n) is 5.00. The highest BCUT2D eigenvalue weighted by molar-refractivity contribution is 5.98. The lowest BCUT2D eigenvalue weighted by Crippen LogP contribution is -2.49. The minimum atomic E-state index is -4.41. The first-order valence-corrected chi connectivity index (χ1v) is 13.9. The van der Waals surface area contributed by atoms with Gasteiger partial charge in [-0.3, -0.25) is 4.79 Å². The number of alkyl halides is 3. The van der Waals surface area contributed by atoms with Crippen molar-refractivity contribution in [3.8, 4) is 22.8 Å². The first-order valence-electron chi connectivity index (χ1n) is 13.9. The summed E-state index contributed by atoms with van der Waals surface area (Å²) in [5, 5.41) is 0. The summed E-state index contributed by atoms with van der Waals surface area (Å²) in [7, 11) is 3.91. The van der Waals surface area contributed by atoms with Crippen molar-refractivity contribution >= 4 is 17.3 Å². The largest absolute Gasteiger partial charge is 0.435 e. The topological polar surface area (TPSA) is 52.8 Å². The third kappa shape index (κ3) is 6.15. The smallest absolute Gasteiger partial charge is 0.416 e. The third-order valence-electron chi connectivity index (χ3n) is 7.58. The molecule has 1 amide bonds. The Kier molecular flexibility index (Phi) is 7.79. The normalized spacial score (nSPS) is 14.3. The number of carbonyl (C=O) groups is 1. The quantitative estimate of drug-likeness (QED) is 0.249. The number of hydrogen-bond acceptors (Lipinski definition) is 5. The van der Waals surface area contributed by atoms with Crippen LogP contribution < -0.4 is 9.80 Å². The van der Waals surface area contributed by atoms with Gasteiger partial charge in [0.15, 0.2) is 11.5 Å². The minimum absolute atomic E-state index is 0.00813. The molecule has 0 saturated carbocycles. The molecule has 0 spiro atoms. The minimum Gasteiger partial charge on any atom is -0.435 e. The Labute approximate surface area is 244 Å². The van der Waals surface area contributed by atoms with Gasteiger partial charge in [-0.2, -0.15) is 13.2 Å². The van der Waals surface area contributed by atoms with Crippen LogP contribution in [0.3, 0.4) is 0 Å². The predicted octanol–water partition coefficient (Wildman–Crippen LogP) is 7.35. The first kappa shape index (κ1) is 29.2. The van der Waals surface area contributed by atoms with Gasteiger partial charge in [-0.05, 0) is 65.6 Å². The van der Waals surface area contributed by atoms with Crippen molar-refractivity contribution in [2.75, 3.05) is 50.1 Å². The van der Waals surface area contributed by atoms with Gasteiger partial charge in [0.05, 0.1) is 5.56 Å². The van der Waals surface area contributed by atoms with E-state index < -0.39 is 11.7 Å². The summed E-state index contributed by atoms with van der Waals surface area (Å²) in [6.07, 6.45) is -4.41. The Morgan fingerprint density at radius 2 is 1.45 bits per heavy atom. The van der Waals surface area contributed by atoms with Crippen LogP contribution in [-0.4, -0.2) is 56.1 Å². The zero-order valence-corrected chi connectivity index (χ0v) is 24.5. The number of rotatable bonds is 5. The second kappa shape index (κ2) is 11.2. The summed E-state index contributed by atoms with van der Waals surface area (Å²) < 4.78 is 46.0. The van der Waals surface area contributed by atoms with Crippen LogP contribution in [0, 0.1) is 0 Å². The molecule has 1 aromatic heterocycles. The molecular formula is C33H35F3N4O2. The van der Waals surface area contributed by atoms with Crippen molar-refractivity contribution in [2.24, 2.45) is 0 Å². The molecule has 220 valence electrons. The maximum absolute atomic E-state index is 13.9. The van der Waals surface area contributed by atoms with E-state index in [2.05, 4.69) is 20.8 Å². The van der Waals surface area contributed by atoms with E-state index in [0.717, 1.165) is 28.9 Å². The fraction of sp³-hybridized carbons (Fsp3) is 0.333. The van der Waals surface area contributed by atoms with Gasteiger partial charge < -0.3 is 19.1 Å². The van der Waals surface area contributed by atoms with Crippen molar-refractivity contribution in [2.45, 2.75) is 32.4 Å². The van der Waals surface area contributed by atoms with Gasteiger partial charge in [-0.15, -0.1) is 0 Å². The summed E-state index contributed by atoms with van der Waals surface area (Å²) in [4.78, 5) is 24.1. The Morgan fingerprint density at radius 1 is 0.833 bits per heavy atom. The van der Waals surface area contributed by atoms with E-state index in [4.69, 9.17) is 9.40 Å². The maximum atomic E-state index is 13.9. The number of amides is 1. The molecule has 1 aliphatic heterocycles. The molecular weight excluding hydrogens is 541 g/mol. The van der Waals surface area contributed by atoms with E-state index in [1.165, 1.54) is 11.6 Å². The van der Waals surface area contributed by atoms with Gasteiger partial charge in [0.2, 0.25) is 5.89 Å². The molecule has 1 saturated heterocycles. The molecule has 2 heterocycles. The van der Waals surface area contributed by atoms with E-state index in [-0.39, 0.29) is 17.0 Å². The van der Waals surface area contributed by atoms with Crippen molar-refractivity contribution in [3.05, 3.63) is 89.6 Å². The molecule has 0 bridgehead atoms. The van der Waals surface area contributed by atoms with Gasteiger partial charge >= 0.3 is 6.18 Å². The number of hydrogen-bond donors (Lipinski definition) is 0. The van der Waals surface area contributed by atoms with E-state index in [1.807, 2.05) is 72.4 Å². The summed E-state index contributed by atoms with van der Waals surface area (Å²) >= 11 is 0. The highest BCUT2D eigenvalue weighted by atomic mass is 19.4. The lowest BCUT2D eigenvalue weighted by atomic mass is 9.87. The lowest BCUT2D eigenvalue weighted by molar-refractivity contribution is -0.137. The molecule has 0 N–H and O–H groups in total. The van der Waals surface area contributed by atoms with Gasteiger partial charge in [0.1, 0.15) is 0 Å². The van der Waals surface area contributed by atoms with Crippen LogP contribution in [0.2, 0.25) is 0 Å². The summed E-state index contributed by atoms with van der Waals surface area (Å²) in [6.45, 7) is 7.93. The van der Waals surface area contributed by atoms with Gasteiger partial charge in [-0.25, -0.2) is 4.98 Å². The molecule has 42 heavy (non-hydrogen) atoms. The van der Waals surface area contributed by atoms with Crippen LogP contribution in [-0.2, 0) is 11.6 Å². The SMILES string of the molecule is CN(C)c1ccc(-c2oc(-c3ccc(C(C)(C)C)cc3)nc2C(=O)N2CCN(c3cccc(C(F)(F)F)c3)CC2)cc1. The second-order valence-electron chi connectivity index (χ2n) is 11.8. The van der Waals surface area contributed by atoms with Crippen LogP contribution in [0.1, 0.15) is 42.4 Å². The molecule has 1 aliphatic rings. The fourth-order valence-corrected chi connectivity index (χ4v) is 5.00. The number of aromatic nitrogens is 1. The molecule has 6 nitrogen and oxygen atoms in total. The third-order valence-corrected chi connectivity index (χ3v) is 7.58. The molecule has 3 aromatic carbocycles. The zero-order chi connectivity index (χ0) is 30.2. The number of anilines is 2.